The highest BCUT2D eigenvalue weighted by Gasteiger charge is 2.16. The minimum atomic E-state index is -0.677. The predicted molar refractivity (Wildman–Crippen MR) is 137 cm³/mol. The van der Waals surface area contributed by atoms with Crippen molar-refractivity contribution in [1.82, 2.24) is 10.7 Å². The molecule has 0 heterocycles. The molecule has 8 nitrogen and oxygen atoms in total. The number of halogens is 3. The van der Waals surface area contributed by atoms with Gasteiger partial charge in [0, 0.05) is 15.1 Å². The molecule has 0 aliphatic heterocycles. The summed E-state index contributed by atoms with van der Waals surface area (Å²) in [6, 6.07) is 15.9. The van der Waals surface area contributed by atoms with Crippen LogP contribution in [-0.2, 0) is 4.79 Å². The Bertz CT molecular complexity index is 1300. The summed E-state index contributed by atoms with van der Waals surface area (Å²) >= 11 is 15.2. The van der Waals surface area contributed by atoms with Crippen LogP contribution in [0.1, 0.15) is 26.3 Å². The number of carbonyl (C=O) groups is 3. The lowest BCUT2D eigenvalue weighted by Crippen LogP contribution is -2.34. The van der Waals surface area contributed by atoms with Gasteiger partial charge in [0.1, 0.15) is 0 Å². The molecular weight excluding hydrogens is 561 g/mol. The van der Waals surface area contributed by atoms with E-state index in [2.05, 4.69) is 31.8 Å². The molecule has 0 saturated heterocycles. The van der Waals surface area contributed by atoms with E-state index in [1.54, 1.807) is 36.4 Å². The highest BCUT2D eigenvalue weighted by Crippen LogP contribution is 2.30. The third-order valence-corrected chi connectivity index (χ3v) is 5.48. The van der Waals surface area contributed by atoms with Gasteiger partial charge in [0.2, 0.25) is 0 Å². The number of nitrogens with one attached hydrogen (secondary N) is 2. The lowest BCUT2D eigenvalue weighted by molar-refractivity contribution is -0.120. The molecule has 0 atom stereocenters. The van der Waals surface area contributed by atoms with Crippen molar-refractivity contribution >= 4 is 63.1 Å². The van der Waals surface area contributed by atoms with Crippen molar-refractivity contribution in [2.45, 2.75) is 0 Å². The molecule has 3 rings (SSSR count). The SMILES string of the molecule is COc1cc(/C=N/NC(=O)CNC(=O)c2cccc(Br)c2)ccc1OC(=O)c1ccc(Cl)cc1Cl. The number of benzene rings is 3. The summed E-state index contributed by atoms with van der Waals surface area (Å²) in [4.78, 5) is 36.5. The first-order valence-electron chi connectivity index (χ1n) is 9.97. The van der Waals surface area contributed by atoms with Crippen LogP contribution in [0, 0.1) is 0 Å². The molecule has 0 radical (unpaired) electrons. The van der Waals surface area contributed by atoms with Crippen molar-refractivity contribution < 1.29 is 23.9 Å². The Balaban J connectivity index is 1.56. The summed E-state index contributed by atoms with van der Waals surface area (Å²) in [6.07, 6.45) is 1.37. The molecule has 2 amide bonds. The second-order valence-corrected chi connectivity index (χ2v) is 8.67. The minimum Gasteiger partial charge on any atom is -0.493 e. The average Bonchev–Trinajstić information content (AvgIpc) is 2.83. The molecule has 180 valence electrons. The van der Waals surface area contributed by atoms with Crippen LogP contribution in [0.3, 0.4) is 0 Å². The molecule has 0 spiro atoms. The van der Waals surface area contributed by atoms with E-state index < -0.39 is 11.9 Å². The number of esters is 1. The Labute approximate surface area is 219 Å². The van der Waals surface area contributed by atoms with Gasteiger partial charge in [-0.15, -0.1) is 0 Å². The molecule has 11 heteroatoms. The standard InChI is InChI=1S/C24H18BrCl2N3O5/c1-34-21-9-14(5-8-20(21)35-24(33)18-7-6-17(26)11-19(18)27)12-29-30-22(31)13-28-23(32)15-3-2-4-16(25)10-15/h2-12H,13H2,1H3,(H,28,32)(H,30,31)/b29-12+. The topological polar surface area (TPSA) is 106 Å². The zero-order valence-electron chi connectivity index (χ0n) is 18.2. The van der Waals surface area contributed by atoms with Crippen molar-refractivity contribution in [2.75, 3.05) is 13.7 Å². The number of hydrazone groups is 1. The van der Waals surface area contributed by atoms with E-state index in [0.717, 1.165) is 4.47 Å². The quantitative estimate of drug-likeness (QED) is 0.172. The largest absolute Gasteiger partial charge is 0.493 e. The Morgan fingerprint density at radius 1 is 1.03 bits per heavy atom. The van der Waals surface area contributed by atoms with Crippen molar-refractivity contribution in [3.05, 3.63) is 91.9 Å². The molecule has 0 unspecified atom stereocenters. The molecule has 0 bridgehead atoms. The third kappa shape index (κ3) is 7.54. The summed E-state index contributed by atoms with van der Waals surface area (Å²) < 4.78 is 11.4. The van der Waals surface area contributed by atoms with Crippen molar-refractivity contribution in [3.8, 4) is 11.5 Å². The van der Waals surface area contributed by atoms with Crippen LogP contribution in [0.15, 0.2) is 70.2 Å². The van der Waals surface area contributed by atoms with E-state index in [1.165, 1.54) is 37.6 Å². The van der Waals surface area contributed by atoms with E-state index in [1.807, 2.05) is 0 Å². The summed E-state index contributed by atoms with van der Waals surface area (Å²) in [5.41, 5.74) is 3.45. The monoisotopic (exact) mass is 577 g/mol. The van der Waals surface area contributed by atoms with Crippen LogP contribution >= 0.6 is 39.1 Å². The van der Waals surface area contributed by atoms with Crippen LogP contribution in [-0.4, -0.2) is 37.7 Å². The molecule has 0 aromatic heterocycles. The molecule has 0 aliphatic rings. The first-order chi connectivity index (χ1) is 16.8. The smallest absolute Gasteiger partial charge is 0.345 e. The van der Waals surface area contributed by atoms with Gasteiger partial charge in [-0.05, 0) is 60.2 Å². The van der Waals surface area contributed by atoms with E-state index in [4.69, 9.17) is 32.7 Å². The van der Waals surface area contributed by atoms with Gasteiger partial charge >= 0.3 is 5.97 Å². The molecule has 3 aromatic carbocycles. The average molecular weight is 579 g/mol. The van der Waals surface area contributed by atoms with Crippen LogP contribution in [0.4, 0.5) is 0 Å². The van der Waals surface area contributed by atoms with E-state index in [9.17, 15) is 14.4 Å². The zero-order valence-corrected chi connectivity index (χ0v) is 21.3. The number of amides is 2. The fraction of sp³-hybridized carbons (Fsp3) is 0.0833. The Morgan fingerprint density at radius 3 is 2.54 bits per heavy atom. The minimum absolute atomic E-state index is 0.151. The number of ether oxygens (including phenoxy) is 2. The number of carbonyl (C=O) groups excluding carboxylic acids is 3. The first-order valence-corrected chi connectivity index (χ1v) is 11.5. The Morgan fingerprint density at radius 2 is 1.83 bits per heavy atom. The van der Waals surface area contributed by atoms with E-state index >= 15 is 0 Å². The van der Waals surface area contributed by atoms with Gasteiger partial charge in [-0.25, -0.2) is 10.2 Å². The van der Waals surface area contributed by atoms with Crippen LogP contribution in [0.25, 0.3) is 0 Å². The molecule has 0 fully saturated rings. The maximum Gasteiger partial charge on any atom is 0.345 e. The van der Waals surface area contributed by atoms with Crippen LogP contribution in [0.5, 0.6) is 11.5 Å². The van der Waals surface area contributed by atoms with Crippen LogP contribution < -0.4 is 20.2 Å². The van der Waals surface area contributed by atoms with Crippen LogP contribution in [0.2, 0.25) is 10.0 Å². The second-order valence-electron chi connectivity index (χ2n) is 6.91. The van der Waals surface area contributed by atoms with Gasteiger partial charge < -0.3 is 14.8 Å². The number of hydrogen-bond acceptors (Lipinski definition) is 6. The predicted octanol–water partition coefficient (Wildman–Crippen LogP) is 4.86. The maximum atomic E-state index is 12.5. The summed E-state index contributed by atoms with van der Waals surface area (Å²) in [5, 5.41) is 6.93. The molecular formula is C24H18BrCl2N3O5. The third-order valence-electron chi connectivity index (χ3n) is 4.44. The second kappa shape index (κ2) is 12.3. The highest BCUT2D eigenvalue weighted by atomic mass is 79.9. The van der Waals surface area contributed by atoms with Crippen molar-refractivity contribution in [1.29, 1.82) is 0 Å². The van der Waals surface area contributed by atoms with Gasteiger partial charge in [0.25, 0.3) is 11.8 Å². The van der Waals surface area contributed by atoms with Gasteiger partial charge in [-0.3, -0.25) is 9.59 Å². The number of hydrogen-bond donors (Lipinski definition) is 2. The Hall–Kier alpha value is -3.40. The molecule has 0 aliphatic carbocycles. The van der Waals surface area contributed by atoms with Gasteiger partial charge in [0.05, 0.1) is 30.5 Å². The maximum absolute atomic E-state index is 12.5. The Kier molecular flexibility index (Phi) is 9.25. The molecule has 3 aromatic rings. The highest BCUT2D eigenvalue weighted by molar-refractivity contribution is 9.10. The molecule has 2 N–H and O–H groups in total. The van der Waals surface area contributed by atoms with Crippen molar-refractivity contribution in [2.24, 2.45) is 5.10 Å². The lowest BCUT2D eigenvalue weighted by Gasteiger charge is -2.10. The van der Waals surface area contributed by atoms with Gasteiger partial charge in [0.15, 0.2) is 11.5 Å². The molecule has 0 saturated carbocycles. The number of nitrogens with zero attached hydrogens (tertiary/aromatic N) is 1. The normalized spacial score (nSPS) is 10.6. The fourth-order valence-corrected chi connectivity index (χ4v) is 3.65. The lowest BCUT2D eigenvalue weighted by atomic mass is 10.2. The summed E-state index contributed by atoms with van der Waals surface area (Å²) in [5.74, 6) is -1.15. The molecule has 35 heavy (non-hydrogen) atoms. The number of methoxy groups -OCH3 is 1. The summed E-state index contributed by atoms with van der Waals surface area (Å²) in [6.45, 7) is -0.256. The van der Waals surface area contributed by atoms with Gasteiger partial charge in [-0.2, -0.15) is 5.10 Å². The fourth-order valence-electron chi connectivity index (χ4n) is 2.77. The number of rotatable bonds is 8. The summed E-state index contributed by atoms with van der Waals surface area (Å²) in [7, 11) is 1.42. The first kappa shape index (κ1) is 26.2. The van der Waals surface area contributed by atoms with Crippen molar-refractivity contribution in [3.63, 3.8) is 0 Å². The van der Waals surface area contributed by atoms with E-state index in [0.29, 0.717) is 16.1 Å². The van der Waals surface area contributed by atoms with E-state index in [-0.39, 0.29) is 34.5 Å². The van der Waals surface area contributed by atoms with Gasteiger partial charge in [-0.1, -0.05) is 45.2 Å². The zero-order chi connectivity index (χ0) is 25.4.